The van der Waals surface area contributed by atoms with Crippen molar-refractivity contribution in [2.45, 2.75) is 13.5 Å². The van der Waals surface area contributed by atoms with E-state index >= 15 is 0 Å². The van der Waals surface area contributed by atoms with E-state index in [0.717, 1.165) is 18.7 Å². The van der Waals surface area contributed by atoms with Crippen LogP contribution in [0.5, 0.6) is 0 Å². The van der Waals surface area contributed by atoms with Gasteiger partial charge in [0.15, 0.2) is 5.65 Å². The number of nitrogens with zero attached hydrogens (tertiary/aromatic N) is 6. The summed E-state index contributed by atoms with van der Waals surface area (Å²) >= 11 is 0. The topological polar surface area (TPSA) is 80.4 Å². The molecule has 3 heterocycles. The van der Waals surface area contributed by atoms with Crippen molar-refractivity contribution in [3.05, 3.63) is 42.1 Å². The van der Waals surface area contributed by atoms with E-state index in [1.54, 1.807) is 33.9 Å². The molecule has 3 rings (SSSR count). The van der Waals surface area contributed by atoms with Crippen molar-refractivity contribution in [1.82, 2.24) is 29.3 Å². The van der Waals surface area contributed by atoms with E-state index in [0.29, 0.717) is 16.9 Å². The summed E-state index contributed by atoms with van der Waals surface area (Å²) in [5.74, 6) is -0.223. The second-order valence-corrected chi connectivity index (χ2v) is 5.62. The summed E-state index contributed by atoms with van der Waals surface area (Å²) < 4.78 is 3.39. The number of anilines is 1. The smallest absolute Gasteiger partial charge is 0.259 e. The molecule has 8 nitrogen and oxygen atoms in total. The fourth-order valence-electron chi connectivity index (χ4n) is 2.22. The molecule has 0 aliphatic carbocycles. The Bertz CT molecular complexity index is 833. The van der Waals surface area contributed by atoms with Gasteiger partial charge in [0.2, 0.25) is 0 Å². The van der Waals surface area contributed by atoms with Crippen LogP contribution in [0.2, 0.25) is 0 Å². The van der Waals surface area contributed by atoms with Crippen molar-refractivity contribution in [3.63, 3.8) is 0 Å². The van der Waals surface area contributed by atoms with Crippen LogP contribution in [0.4, 0.5) is 5.69 Å². The second kappa shape index (κ2) is 6.17. The van der Waals surface area contributed by atoms with Crippen LogP contribution in [-0.2, 0) is 6.54 Å². The predicted octanol–water partition coefficient (Wildman–Crippen LogP) is 1.05. The number of fused-ring (bicyclic) bond motifs is 1. The maximum absolute atomic E-state index is 12.4. The number of rotatable bonds is 5. The molecule has 0 aliphatic rings. The number of aryl methyl sites for hydroxylation is 1. The molecule has 3 aromatic rings. The Hall–Kier alpha value is -2.74. The monoisotopic (exact) mass is 313 g/mol. The van der Waals surface area contributed by atoms with E-state index in [1.807, 2.05) is 27.2 Å². The molecule has 3 aromatic heterocycles. The van der Waals surface area contributed by atoms with E-state index in [1.165, 1.54) is 0 Å². The molecule has 0 unspecified atom stereocenters. The first-order valence-electron chi connectivity index (χ1n) is 7.32. The minimum Gasteiger partial charge on any atom is -0.319 e. The van der Waals surface area contributed by atoms with E-state index in [-0.39, 0.29) is 5.91 Å². The Morgan fingerprint density at radius 1 is 1.30 bits per heavy atom. The van der Waals surface area contributed by atoms with Crippen molar-refractivity contribution in [3.8, 4) is 0 Å². The Labute approximate surface area is 133 Å². The predicted molar refractivity (Wildman–Crippen MR) is 86.5 cm³/mol. The number of hydrogen-bond donors (Lipinski definition) is 1. The van der Waals surface area contributed by atoms with Gasteiger partial charge >= 0.3 is 0 Å². The fourth-order valence-corrected chi connectivity index (χ4v) is 2.22. The maximum atomic E-state index is 12.4. The molecule has 0 radical (unpaired) electrons. The van der Waals surface area contributed by atoms with E-state index in [2.05, 4.69) is 25.4 Å². The van der Waals surface area contributed by atoms with Crippen LogP contribution < -0.4 is 5.32 Å². The van der Waals surface area contributed by atoms with Gasteiger partial charge in [0, 0.05) is 25.0 Å². The summed E-state index contributed by atoms with van der Waals surface area (Å²) in [5.41, 5.74) is 2.53. The van der Waals surface area contributed by atoms with Crippen LogP contribution in [0.1, 0.15) is 16.1 Å². The number of carbonyl (C=O) groups is 1. The average molecular weight is 313 g/mol. The van der Waals surface area contributed by atoms with Gasteiger partial charge in [-0.25, -0.2) is 9.50 Å². The maximum Gasteiger partial charge on any atom is 0.259 e. The van der Waals surface area contributed by atoms with Crippen molar-refractivity contribution in [1.29, 1.82) is 0 Å². The lowest BCUT2D eigenvalue weighted by molar-refractivity contribution is 0.102. The van der Waals surface area contributed by atoms with Gasteiger partial charge in [0.05, 0.1) is 35.9 Å². The minimum absolute atomic E-state index is 0.223. The zero-order valence-electron chi connectivity index (χ0n) is 13.4. The number of likely N-dealkylation sites (N-methyl/N-ethyl adjacent to an activating group) is 1. The third-order valence-corrected chi connectivity index (χ3v) is 3.48. The number of hydrogen-bond acceptors (Lipinski definition) is 5. The summed E-state index contributed by atoms with van der Waals surface area (Å²) in [7, 11) is 4.01. The molecule has 0 spiro atoms. The standard InChI is InChI=1S/C15H19N7O/c1-11-13(10-22-14(18-11)4-5-16-22)15(23)19-12-8-17-21(9-12)7-6-20(2)3/h4-5,8-10H,6-7H2,1-3H3,(H,19,23). The molecular formula is C15H19N7O. The second-order valence-electron chi connectivity index (χ2n) is 5.62. The first-order chi connectivity index (χ1) is 11.0. The Kier molecular flexibility index (Phi) is 4.07. The van der Waals surface area contributed by atoms with Crippen LogP contribution in [0, 0.1) is 6.92 Å². The zero-order chi connectivity index (χ0) is 16.4. The van der Waals surface area contributed by atoms with E-state index < -0.39 is 0 Å². The normalized spacial score (nSPS) is 11.3. The quantitative estimate of drug-likeness (QED) is 0.761. The van der Waals surface area contributed by atoms with Crippen LogP contribution >= 0.6 is 0 Å². The number of aromatic nitrogens is 5. The molecule has 23 heavy (non-hydrogen) atoms. The van der Waals surface area contributed by atoms with E-state index in [9.17, 15) is 4.79 Å². The summed E-state index contributed by atoms with van der Waals surface area (Å²) in [5, 5.41) is 11.2. The molecule has 0 aromatic carbocycles. The SMILES string of the molecule is Cc1nc2ccnn2cc1C(=O)Nc1cnn(CCN(C)C)c1. The third kappa shape index (κ3) is 3.37. The van der Waals surface area contributed by atoms with Gasteiger partial charge in [0.25, 0.3) is 5.91 Å². The Morgan fingerprint density at radius 2 is 2.13 bits per heavy atom. The first-order valence-corrected chi connectivity index (χ1v) is 7.32. The molecular weight excluding hydrogens is 294 g/mol. The van der Waals surface area contributed by atoms with Gasteiger partial charge in [-0.3, -0.25) is 9.48 Å². The highest BCUT2D eigenvalue weighted by Crippen LogP contribution is 2.12. The zero-order valence-corrected chi connectivity index (χ0v) is 13.4. The van der Waals surface area contributed by atoms with Crippen molar-refractivity contribution < 1.29 is 4.79 Å². The third-order valence-electron chi connectivity index (χ3n) is 3.48. The van der Waals surface area contributed by atoms with Gasteiger partial charge in [0.1, 0.15) is 0 Å². The van der Waals surface area contributed by atoms with E-state index in [4.69, 9.17) is 0 Å². The fraction of sp³-hybridized carbons (Fsp3) is 0.333. The molecule has 0 aliphatic heterocycles. The molecule has 0 bridgehead atoms. The summed E-state index contributed by atoms with van der Waals surface area (Å²) in [4.78, 5) is 18.9. The Balaban J connectivity index is 1.74. The van der Waals surface area contributed by atoms with Crippen molar-refractivity contribution in [2.24, 2.45) is 0 Å². The molecule has 120 valence electrons. The highest BCUT2D eigenvalue weighted by molar-refractivity contribution is 6.04. The summed E-state index contributed by atoms with van der Waals surface area (Å²) in [6, 6.07) is 1.80. The molecule has 0 saturated carbocycles. The minimum atomic E-state index is -0.223. The molecule has 1 N–H and O–H groups in total. The lowest BCUT2D eigenvalue weighted by atomic mass is 10.2. The highest BCUT2D eigenvalue weighted by Gasteiger charge is 2.13. The first kappa shape index (κ1) is 15.2. The van der Waals surface area contributed by atoms with Crippen LogP contribution in [0.25, 0.3) is 5.65 Å². The summed E-state index contributed by atoms with van der Waals surface area (Å²) in [6.45, 7) is 3.46. The largest absolute Gasteiger partial charge is 0.319 e. The lowest BCUT2D eigenvalue weighted by Gasteiger charge is -2.08. The highest BCUT2D eigenvalue weighted by atomic mass is 16.1. The van der Waals surface area contributed by atoms with Gasteiger partial charge in [-0.15, -0.1) is 0 Å². The van der Waals surface area contributed by atoms with Gasteiger partial charge in [-0.05, 0) is 21.0 Å². The Morgan fingerprint density at radius 3 is 2.91 bits per heavy atom. The number of carbonyl (C=O) groups excluding carboxylic acids is 1. The molecule has 0 saturated heterocycles. The van der Waals surface area contributed by atoms with Gasteiger partial charge in [-0.2, -0.15) is 10.2 Å². The lowest BCUT2D eigenvalue weighted by Crippen LogP contribution is -2.18. The molecule has 0 fully saturated rings. The molecule has 1 amide bonds. The van der Waals surface area contributed by atoms with Gasteiger partial charge < -0.3 is 10.2 Å². The summed E-state index contributed by atoms with van der Waals surface area (Å²) in [6.07, 6.45) is 6.79. The average Bonchev–Trinajstić information content (AvgIpc) is 3.12. The molecule has 0 atom stereocenters. The number of nitrogens with one attached hydrogen (secondary N) is 1. The number of amides is 1. The van der Waals surface area contributed by atoms with Crippen LogP contribution in [0.15, 0.2) is 30.9 Å². The van der Waals surface area contributed by atoms with Crippen LogP contribution in [0.3, 0.4) is 0 Å². The van der Waals surface area contributed by atoms with Crippen molar-refractivity contribution >= 4 is 17.2 Å². The molecule has 8 heteroatoms. The van der Waals surface area contributed by atoms with Crippen molar-refractivity contribution in [2.75, 3.05) is 26.0 Å². The van der Waals surface area contributed by atoms with Gasteiger partial charge in [-0.1, -0.05) is 0 Å². The van der Waals surface area contributed by atoms with Crippen LogP contribution in [-0.4, -0.2) is 55.8 Å².